The molecule has 0 bridgehead atoms. The fourth-order valence-electron chi connectivity index (χ4n) is 8.62. The molecule has 140 valence electrons. The highest BCUT2D eigenvalue weighted by atomic mass is 16.1. The molecule has 0 aromatic carbocycles. The summed E-state index contributed by atoms with van der Waals surface area (Å²) in [7, 11) is 0. The van der Waals surface area contributed by atoms with E-state index in [9.17, 15) is 9.59 Å². The lowest BCUT2D eigenvalue weighted by atomic mass is 9.44. The minimum Gasteiger partial charge on any atom is -0.299 e. The first-order valence-corrected chi connectivity index (χ1v) is 10.7. The van der Waals surface area contributed by atoms with Gasteiger partial charge in [0.25, 0.3) is 0 Å². The number of carbonyl (C=O) groups excluding carboxylic acids is 2. The zero-order valence-electron chi connectivity index (χ0n) is 16.5. The van der Waals surface area contributed by atoms with E-state index in [1.165, 1.54) is 31.3 Å². The van der Waals surface area contributed by atoms with Crippen LogP contribution in [0.15, 0.2) is 23.8 Å². The van der Waals surface area contributed by atoms with Crippen molar-refractivity contribution < 1.29 is 9.59 Å². The van der Waals surface area contributed by atoms with Gasteiger partial charge < -0.3 is 0 Å². The summed E-state index contributed by atoms with van der Waals surface area (Å²) in [5.41, 5.74) is 1.71. The van der Waals surface area contributed by atoms with Gasteiger partial charge in [-0.2, -0.15) is 0 Å². The Morgan fingerprint density at radius 3 is 2.69 bits per heavy atom. The summed E-state index contributed by atoms with van der Waals surface area (Å²) in [5.74, 6) is 3.36. The van der Waals surface area contributed by atoms with Gasteiger partial charge in [0.15, 0.2) is 5.78 Å². The number of ketones is 2. The quantitative estimate of drug-likeness (QED) is 0.602. The number of hydrogen-bond acceptors (Lipinski definition) is 2. The van der Waals surface area contributed by atoms with Gasteiger partial charge in [0.1, 0.15) is 5.78 Å². The largest absolute Gasteiger partial charge is 0.299 e. The summed E-state index contributed by atoms with van der Waals surface area (Å²) >= 11 is 0. The Morgan fingerprint density at radius 1 is 1.12 bits per heavy atom. The Morgan fingerprint density at radius 2 is 1.92 bits per heavy atom. The summed E-state index contributed by atoms with van der Waals surface area (Å²) in [4.78, 5) is 24.9. The molecule has 5 aliphatic rings. The lowest BCUT2D eigenvalue weighted by Crippen LogP contribution is -2.54. The molecular formula is C24H32O2. The Bertz CT molecular complexity index is 745. The molecule has 3 fully saturated rings. The van der Waals surface area contributed by atoms with Crippen LogP contribution in [0.1, 0.15) is 72.1 Å². The Labute approximate surface area is 157 Å². The summed E-state index contributed by atoms with van der Waals surface area (Å²) in [6.45, 7) is 6.76. The second kappa shape index (κ2) is 5.20. The average Bonchev–Trinajstić information content (AvgIpc) is 3.12. The second-order valence-electron chi connectivity index (χ2n) is 10.4. The molecule has 0 spiro atoms. The van der Waals surface area contributed by atoms with Crippen molar-refractivity contribution in [3.05, 3.63) is 23.8 Å². The van der Waals surface area contributed by atoms with Crippen LogP contribution in [-0.2, 0) is 9.59 Å². The van der Waals surface area contributed by atoms with E-state index in [0.717, 1.165) is 31.6 Å². The first-order valence-electron chi connectivity index (χ1n) is 10.7. The molecule has 0 aliphatic heterocycles. The van der Waals surface area contributed by atoms with Gasteiger partial charge in [-0.1, -0.05) is 31.6 Å². The third-order valence-electron chi connectivity index (χ3n) is 9.95. The van der Waals surface area contributed by atoms with Crippen LogP contribution in [0.3, 0.4) is 0 Å². The molecule has 2 heteroatoms. The predicted molar refractivity (Wildman–Crippen MR) is 102 cm³/mol. The van der Waals surface area contributed by atoms with Crippen molar-refractivity contribution in [2.45, 2.75) is 72.1 Å². The molecule has 0 aromatic heterocycles. The number of hydrogen-bond donors (Lipinski definition) is 0. The SMILES string of the molecule is CC(=O)C12CC=CC1CC1C3CCC4=CC(=O)CCC4(C)C3CCC12C. The van der Waals surface area contributed by atoms with Gasteiger partial charge in [0, 0.05) is 11.8 Å². The Balaban J connectivity index is 1.55. The molecule has 3 saturated carbocycles. The number of rotatable bonds is 1. The minimum atomic E-state index is -0.123. The summed E-state index contributed by atoms with van der Waals surface area (Å²) in [5, 5.41) is 0. The maximum absolute atomic E-state index is 12.9. The van der Waals surface area contributed by atoms with E-state index < -0.39 is 0 Å². The van der Waals surface area contributed by atoms with Gasteiger partial charge in [-0.3, -0.25) is 9.59 Å². The third-order valence-corrected chi connectivity index (χ3v) is 9.95. The van der Waals surface area contributed by atoms with Crippen LogP contribution in [0.25, 0.3) is 0 Å². The number of fused-ring (bicyclic) bond motifs is 7. The second-order valence-corrected chi connectivity index (χ2v) is 10.4. The molecule has 5 rings (SSSR count). The van der Waals surface area contributed by atoms with E-state index in [0.29, 0.717) is 29.3 Å². The lowest BCUT2D eigenvalue weighted by Gasteiger charge is -2.59. The van der Waals surface area contributed by atoms with E-state index in [2.05, 4.69) is 26.0 Å². The number of Topliss-reactive ketones (excluding diaryl/α,β-unsaturated/α-hetero) is 1. The summed E-state index contributed by atoms with van der Waals surface area (Å²) < 4.78 is 0. The average molecular weight is 353 g/mol. The first-order chi connectivity index (χ1) is 12.3. The highest BCUT2D eigenvalue weighted by molar-refractivity contribution is 5.91. The molecule has 26 heavy (non-hydrogen) atoms. The molecule has 0 aromatic rings. The molecule has 0 N–H and O–H groups in total. The fraction of sp³-hybridized carbons (Fsp3) is 0.750. The molecule has 0 amide bonds. The van der Waals surface area contributed by atoms with Gasteiger partial charge in [-0.05, 0) is 92.4 Å². The highest BCUT2D eigenvalue weighted by Crippen LogP contribution is 2.73. The molecule has 0 radical (unpaired) electrons. The van der Waals surface area contributed by atoms with Crippen molar-refractivity contribution in [1.82, 2.24) is 0 Å². The van der Waals surface area contributed by atoms with Crippen molar-refractivity contribution in [2.24, 2.45) is 39.9 Å². The molecule has 5 aliphatic carbocycles. The standard InChI is InChI=1S/C24H32O2/c1-15(25)24-10-4-5-17(24)14-21-19-7-6-16-13-18(26)8-11-22(16,2)20(19)9-12-23(21,24)3/h4-5,13,17,19-21H,6-12,14H2,1-3H3. The molecule has 7 unspecified atom stereocenters. The molecule has 0 saturated heterocycles. The van der Waals surface area contributed by atoms with Crippen LogP contribution in [0, 0.1) is 39.9 Å². The summed E-state index contributed by atoms with van der Waals surface area (Å²) in [6.07, 6.45) is 15.4. The van der Waals surface area contributed by atoms with Crippen LogP contribution < -0.4 is 0 Å². The van der Waals surface area contributed by atoms with E-state index >= 15 is 0 Å². The van der Waals surface area contributed by atoms with E-state index in [1.807, 2.05) is 13.0 Å². The monoisotopic (exact) mass is 352 g/mol. The van der Waals surface area contributed by atoms with Gasteiger partial charge in [0.05, 0.1) is 0 Å². The molecular weight excluding hydrogens is 320 g/mol. The van der Waals surface area contributed by atoms with Crippen LogP contribution in [0.2, 0.25) is 0 Å². The molecule has 2 nitrogen and oxygen atoms in total. The summed E-state index contributed by atoms with van der Waals surface area (Å²) in [6, 6.07) is 0. The lowest BCUT2D eigenvalue weighted by molar-refractivity contribution is -0.142. The Kier molecular flexibility index (Phi) is 3.39. The third kappa shape index (κ3) is 1.79. The molecule has 7 atom stereocenters. The fourth-order valence-corrected chi connectivity index (χ4v) is 8.62. The smallest absolute Gasteiger partial charge is 0.155 e. The Hall–Kier alpha value is -1.18. The number of carbonyl (C=O) groups is 2. The molecule has 0 heterocycles. The van der Waals surface area contributed by atoms with Crippen molar-refractivity contribution in [2.75, 3.05) is 0 Å². The first kappa shape index (κ1) is 17.0. The van der Waals surface area contributed by atoms with Crippen LogP contribution in [0.5, 0.6) is 0 Å². The van der Waals surface area contributed by atoms with Crippen LogP contribution in [0.4, 0.5) is 0 Å². The number of allylic oxidation sites excluding steroid dienone is 3. The van der Waals surface area contributed by atoms with Gasteiger partial charge in [-0.25, -0.2) is 0 Å². The zero-order chi connectivity index (χ0) is 18.3. The predicted octanol–water partition coefficient (Wildman–Crippen LogP) is 5.28. The van der Waals surface area contributed by atoms with Gasteiger partial charge in [-0.15, -0.1) is 0 Å². The normalized spacial score (nSPS) is 52.0. The minimum absolute atomic E-state index is 0.123. The van der Waals surface area contributed by atoms with Gasteiger partial charge in [0.2, 0.25) is 0 Å². The maximum Gasteiger partial charge on any atom is 0.155 e. The van der Waals surface area contributed by atoms with E-state index in [4.69, 9.17) is 0 Å². The van der Waals surface area contributed by atoms with Crippen molar-refractivity contribution in [3.8, 4) is 0 Å². The van der Waals surface area contributed by atoms with Crippen LogP contribution >= 0.6 is 0 Å². The van der Waals surface area contributed by atoms with Crippen LogP contribution in [-0.4, -0.2) is 11.6 Å². The van der Waals surface area contributed by atoms with Crippen molar-refractivity contribution >= 4 is 11.6 Å². The van der Waals surface area contributed by atoms with E-state index in [-0.39, 0.29) is 16.2 Å². The van der Waals surface area contributed by atoms with E-state index in [1.54, 1.807) is 0 Å². The van der Waals surface area contributed by atoms with Crippen molar-refractivity contribution in [3.63, 3.8) is 0 Å². The topological polar surface area (TPSA) is 34.1 Å². The zero-order valence-corrected chi connectivity index (χ0v) is 16.5. The van der Waals surface area contributed by atoms with Gasteiger partial charge >= 0.3 is 0 Å². The maximum atomic E-state index is 12.9. The highest BCUT2D eigenvalue weighted by Gasteiger charge is 2.69. The van der Waals surface area contributed by atoms with Crippen molar-refractivity contribution in [1.29, 1.82) is 0 Å².